The van der Waals surface area contributed by atoms with Crippen LogP contribution in [0.2, 0.25) is 0 Å². The Balaban J connectivity index is 2.04. The van der Waals surface area contributed by atoms with Gasteiger partial charge in [0.15, 0.2) is 0 Å². The van der Waals surface area contributed by atoms with Gasteiger partial charge in [0.2, 0.25) is 0 Å². The minimum Gasteiger partial charge on any atom is -0.398 e. The standard InChI is InChI=1S/C16H21N3O/c1-10-7-13-14(8-18-10)15(17)3-4-16(13)19-6-5-12(9-19)11(2)20/h3-4,7-8,11-12,20H,5-6,9,17H2,1-2H3. The molecule has 3 N–H and O–H groups in total. The van der Waals surface area contributed by atoms with E-state index >= 15 is 0 Å². The van der Waals surface area contributed by atoms with E-state index in [2.05, 4.69) is 22.0 Å². The van der Waals surface area contributed by atoms with E-state index in [0.29, 0.717) is 5.92 Å². The van der Waals surface area contributed by atoms with Gasteiger partial charge in [0.1, 0.15) is 0 Å². The lowest BCUT2D eigenvalue weighted by Crippen LogP contribution is -2.24. The van der Waals surface area contributed by atoms with Crippen molar-refractivity contribution in [1.82, 2.24) is 4.98 Å². The number of anilines is 2. The molecule has 2 unspecified atom stereocenters. The van der Waals surface area contributed by atoms with Crippen LogP contribution in [0, 0.1) is 12.8 Å². The van der Waals surface area contributed by atoms with Crippen molar-refractivity contribution in [2.45, 2.75) is 26.4 Å². The molecule has 2 aromatic rings. The van der Waals surface area contributed by atoms with Gasteiger partial charge in [-0.2, -0.15) is 0 Å². The summed E-state index contributed by atoms with van der Waals surface area (Å²) in [6.07, 6.45) is 2.64. The summed E-state index contributed by atoms with van der Waals surface area (Å²) >= 11 is 0. The highest BCUT2D eigenvalue weighted by Crippen LogP contribution is 2.34. The van der Waals surface area contributed by atoms with E-state index in [1.807, 2.05) is 26.1 Å². The van der Waals surface area contributed by atoms with Gasteiger partial charge in [0, 0.05) is 53.0 Å². The number of pyridine rings is 1. The SMILES string of the molecule is Cc1cc2c(N3CCC(C(C)O)C3)ccc(N)c2cn1. The fourth-order valence-corrected chi connectivity index (χ4v) is 3.03. The highest BCUT2D eigenvalue weighted by Gasteiger charge is 2.27. The topological polar surface area (TPSA) is 62.4 Å². The van der Waals surface area contributed by atoms with Crippen LogP contribution in [-0.4, -0.2) is 29.3 Å². The number of nitrogens with zero attached hydrogens (tertiary/aromatic N) is 2. The molecule has 1 aromatic heterocycles. The van der Waals surface area contributed by atoms with E-state index in [-0.39, 0.29) is 6.10 Å². The van der Waals surface area contributed by atoms with Gasteiger partial charge in [-0.15, -0.1) is 0 Å². The van der Waals surface area contributed by atoms with Crippen molar-refractivity contribution in [1.29, 1.82) is 0 Å². The van der Waals surface area contributed by atoms with E-state index in [1.54, 1.807) is 0 Å². The summed E-state index contributed by atoms with van der Waals surface area (Å²) < 4.78 is 0. The second-order valence-corrected chi connectivity index (χ2v) is 5.78. The van der Waals surface area contributed by atoms with Gasteiger partial charge >= 0.3 is 0 Å². The van der Waals surface area contributed by atoms with E-state index in [1.165, 1.54) is 5.69 Å². The lowest BCUT2D eigenvalue weighted by atomic mass is 10.0. The molecule has 0 aliphatic carbocycles. The minimum absolute atomic E-state index is 0.247. The van der Waals surface area contributed by atoms with Crippen LogP contribution in [0.3, 0.4) is 0 Å². The molecular formula is C16H21N3O. The van der Waals surface area contributed by atoms with Crippen LogP contribution < -0.4 is 10.6 Å². The number of fused-ring (bicyclic) bond motifs is 1. The number of rotatable bonds is 2. The first-order chi connectivity index (χ1) is 9.56. The Hall–Kier alpha value is -1.81. The molecule has 1 aliphatic rings. The second-order valence-electron chi connectivity index (χ2n) is 5.78. The van der Waals surface area contributed by atoms with Gasteiger partial charge in [0.05, 0.1) is 6.10 Å². The zero-order chi connectivity index (χ0) is 14.3. The lowest BCUT2D eigenvalue weighted by Gasteiger charge is -2.22. The van der Waals surface area contributed by atoms with E-state index < -0.39 is 0 Å². The highest BCUT2D eigenvalue weighted by atomic mass is 16.3. The quantitative estimate of drug-likeness (QED) is 0.823. The molecule has 0 spiro atoms. The van der Waals surface area contributed by atoms with Crippen LogP contribution in [-0.2, 0) is 0 Å². The lowest BCUT2D eigenvalue weighted by molar-refractivity contribution is 0.136. The molecule has 20 heavy (non-hydrogen) atoms. The first-order valence-electron chi connectivity index (χ1n) is 7.14. The summed E-state index contributed by atoms with van der Waals surface area (Å²) in [6, 6.07) is 6.13. The summed E-state index contributed by atoms with van der Waals surface area (Å²) in [5, 5.41) is 11.9. The van der Waals surface area contributed by atoms with Gasteiger partial charge in [0.25, 0.3) is 0 Å². The summed E-state index contributed by atoms with van der Waals surface area (Å²) in [5.41, 5.74) is 9.01. The zero-order valence-electron chi connectivity index (χ0n) is 12.0. The smallest absolute Gasteiger partial charge is 0.0557 e. The first-order valence-corrected chi connectivity index (χ1v) is 7.14. The summed E-state index contributed by atoms with van der Waals surface area (Å²) in [5.74, 6) is 0.352. The van der Waals surface area contributed by atoms with Crippen LogP contribution >= 0.6 is 0 Å². The van der Waals surface area contributed by atoms with Gasteiger partial charge in [-0.05, 0) is 38.5 Å². The van der Waals surface area contributed by atoms with E-state index in [4.69, 9.17) is 5.73 Å². The normalized spacial score (nSPS) is 20.6. The summed E-state index contributed by atoms with van der Waals surface area (Å²) in [4.78, 5) is 6.69. The van der Waals surface area contributed by atoms with Gasteiger partial charge < -0.3 is 15.7 Å². The largest absolute Gasteiger partial charge is 0.398 e. The number of benzene rings is 1. The summed E-state index contributed by atoms with van der Waals surface area (Å²) in [6.45, 7) is 5.76. The molecule has 106 valence electrons. The fourth-order valence-electron chi connectivity index (χ4n) is 3.03. The van der Waals surface area contributed by atoms with Crippen molar-refractivity contribution >= 4 is 22.1 Å². The monoisotopic (exact) mass is 271 g/mol. The number of hydrogen-bond acceptors (Lipinski definition) is 4. The average Bonchev–Trinajstić information content (AvgIpc) is 2.88. The minimum atomic E-state index is -0.247. The average molecular weight is 271 g/mol. The fraction of sp³-hybridized carbons (Fsp3) is 0.438. The molecule has 0 amide bonds. The van der Waals surface area contributed by atoms with Crippen molar-refractivity contribution in [2.75, 3.05) is 23.7 Å². The summed E-state index contributed by atoms with van der Waals surface area (Å²) in [7, 11) is 0. The Labute approximate surface area is 119 Å². The second kappa shape index (κ2) is 4.94. The molecule has 0 saturated carbocycles. The predicted molar refractivity (Wildman–Crippen MR) is 82.9 cm³/mol. The van der Waals surface area contributed by atoms with E-state index in [0.717, 1.165) is 41.7 Å². The molecule has 2 heterocycles. The van der Waals surface area contributed by atoms with Crippen LogP contribution in [0.1, 0.15) is 19.0 Å². The molecule has 1 aliphatic heterocycles. The number of nitrogen functional groups attached to an aromatic ring is 1. The molecule has 4 heteroatoms. The Morgan fingerprint density at radius 3 is 2.90 bits per heavy atom. The van der Waals surface area contributed by atoms with Crippen molar-refractivity contribution in [3.8, 4) is 0 Å². The third-order valence-electron chi connectivity index (χ3n) is 4.30. The molecule has 1 fully saturated rings. The number of hydrogen-bond donors (Lipinski definition) is 2. The van der Waals surface area contributed by atoms with Gasteiger partial charge in [-0.3, -0.25) is 4.98 Å². The third-order valence-corrected chi connectivity index (χ3v) is 4.30. The molecule has 1 aromatic carbocycles. The number of aliphatic hydroxyl groups is 1. The molecule has 2 atom stereocenters. The Morgan fingerprint density at radius 1 is 1.40 bits per heavy atom. The van der Waals surface area contributed by atoms with Crippen LogP contribution in [0.4, 0.5) is 11.4 Å². The van der Waals surface area contributed by atoms with Crippen LogP contribution in [0.25, 0.3) is 10.8 Å². The maximum atomic E-state index is 9.76. The Morgan fingerprint density at radius 2 is 2.20 bits per heavy atom. The molecule has 3 rings (SSSR count). The number of nitrogens with two attached hydrogens (primary N) is 1. The van der Waals surface area contributed by atoms with Crippen molar-refractivity contribution in [3.05, 3.63) is 30.1 Å². The van der Waals surface area contributed by atoms with Crippen molar-refractivity contribution in [3.63, 3.8) is 0 Å². The third kappa shape index (κ3) is 2.20. The zero-order valence-corrected chi connectivity index (χ0v) is 12.0. The number of aliphatic hydroxyl groups excluding tert-OH is 1. The molecular weight excluding hydrogens is 250 g/mol. The highest BCUT2D eigenvalue weighted by molar-refractivity contribution is 6.01. The van der Waals surface area contributed by atoms with Gasteiger partial charge in [-0.25, -0.2) is 0 Å². The molecule has 4 nitrogen and oxygen atoms in total. The first kappa shape index (κ1) is 13.2. The Bertz CT molecular complexity index is 639. The molecule has 0 radical (unpaired) electrons. The van der Waals surface area contributed by atoms with Crippen molar-refractivity contribution < 1.29 is 5.11 Å². The van der Waals surface area contributed by atoms with Gasteiger partial charge in [-0.1, -0.05) is 0 Å². The maximum Gasteiger partial charge on any atom is 0.0557 e. The van der Waals surface area contributed by atoms with Crippen molar-refractivity contribution in [2.24, 2.45) is 5.92 Å². The Kier molecular flexibility index (Phi) is 3.26. The molecule has 1 saturated heterocycles. The predicted octanol–water partition coefficient (Wildman–Crippen LogP) is 2.33. The molecule has 0 bridgehead atoms. The van der Waals surface area contributed by atoms with Crippen LogP contribution in [0.15, 0.2) is 24.4 Å². The van der Waals surface area contributed by atoms with Crippen LogP contribution in [0.5, 0.6) is 0 Å². The number of aryl methyl sites for hydroxylation is 1. The maximum absolute atomic E-state index is 9.76. The van der Waals surface area contributed by atoms with E-state index in [9.17, 15) is 5.11 Å². The number of aromatic nitrogens is 1.